The van der Waals surface area contributed by atoms with Crippen LogP contribution in [-0.2, 0) is 24.0 Å². The molecule has 0 radical (unpaired) electrons. The summed E-state index contributed by atoms with van der Waals surface area (Å²) in [6, 6.07) is -1.03. The third kappa shape index (κ3) is 21.8. The predicted octanol–water partition coefficient (Wildman–Crippen LogP) is 6.95. The number of carbonyl (C=O) groups excluding carboxylic acids is 3. The van der Waals surface area contributed by atoms with Gasteiger partial charge in [0.15, 0.2) is 0 Å². The Morgan fingerprint density at radius 1 is 0.628 bits per heavy atom. The van der Waals surface area contributed by atoms with E-state index >= 15 is 0 Å². The molecule has 9 nitrogen and oxygen atoms in total. The SMILES string of the molecule is CC(=O)CC[C@H](NC(=O)[C@H]1CC[C@H](CNC(=O)CCCCCCCCCCCCCCCCCCC(=O)O)CC1)C(=O)O. The van der Waals surface area contributed by atoms with Gasteiger partial charge in [0.05, 0.1) is 0 Å². The van der Waals surface area contributed by atoms with E-state index in [-0.39, 0.29) is 36.4 Å². The van der Waals surface area contributed by atoms with Crippen LogP contribution >= 0.6 is 0 Å². The fourth-order valence-corrected chi connectivity index (χ4v) is 5.91. The van der Waals surface area contributed by atoms with Crippen LogP contribution in [0, 0.1) is 11.8 Å². The van der Waals surface area contributed by atoms with E-state index in [1.165, 1.54) is 77.6 Å². The lowest BCUT2D eigenvalue weighted by molar-refractivity contribution is -0.143. The van der Waals surface area contributed by atoms with Gasteiger partial charge >= 0.3 is 11.9 Å². The van der Waals surface area contributed by atoms with Gasteiger partial charge in [-0.05, 0) is 57.8 Å². The molecule has 1 aliphatic rings. The highest BCUT2D eigenvalue weighted by molar-refractivity contribution is 5.85. The number of carbonyl (C=O) groups is 5. The summed E-state index contributed by atoms with van der Waals surface area (Å²) in [6.45, 7) is 2.05. The molecule has 1 rings (SSSR count). The molecular weight excluding hydrogens is 548 g/mol. The lowest BCUT2D eigenvalue weighted by Gasteiger charge is -2.28. The summed E-state index contributed by atoms with van der Waals surface area (Å²) in [5, 5.41) is 23.6. The van der Waals surface area contributed by atoms with E-state index in [1.54, 1.807) is 0 Å². The molecular formula is C34H60N2O7. The Balaban J connectivity index is 1.93. The molecule has 0 aromatic rings. The summed E-state index contributed by atoms with van der Waals surface area (Å²) in [5.74, 6) is -1.89. The number of carboxylic acids is 2. The average Bonchev–Trinajstić information content (AvgIpc) is 2.97. The molecule has 43 heavy (non-hydrogen) atoms. The molecule has 4 N–H and O–H groups in total. The van der Waals surface area contributed by atoms with Crippen LogP contribution in [0.5, 0.6) is 0 Å². The van der Waals surface area contributed by atoms with Gasteiger partial charge in [0, 0.05) is 31.7 Å². The van der Waals surface area contributed by atoms with E-state index in [0.29, 0.717) is 38.1 Å². The lowest BCUT2D eigenvalue weighted by atomic mass is 9.81. The molecule has 1 saturated carbocycles. The topological polar surface area (TPSA) is 150 Å². The summed E-state index contributed by atoms with van der Waals surface area (Å²) < 4.78 is 0. The van der Waals surface area contributed by atoms with Crippen molar-refractivity contribution in [2.45, 2.75) is 167 Å². The van der Waals surface area contributed by atoms with Gasteiger partial charge in [-0.15, -0.1) is 0 Å². The monoisotopic (exact) mass is 608 g/mol. The number of amides is 2. The molecule has 1 atom stereocenters. The third-order valence-electron chi connectivity index (χ3n) is 8.75. The van der Waals surface area contributed by atoms with Crippen molar-refractivity contribution in [2.24, 2.45) is 11.8 Å². The van der Waals surface area contributed by atoms with Gasteiger partial charge in [-0.1, -0.05) is 89.9 Å². The molecule has 1 aliphatic carbocycles. The van der Waals surface area contributed by atoms with Crippen molar-refractivity contribution < 1.29 is 34.2 Å². The van der Waals surface area contributed by atoms with Crippen LogP contribution in [0.15, 0.2) is 0 Å². The molecule has 2 amide bonds. The molecule has 0 aromatic carbocycles. The molecule has 0 bridgehead atoms. The summed E-state index contributed by atoms with van der Waals surface area (Å²) in [7, 11) is 0. The Morgan fingerprint density at radius 2 is 1.07 bits per heavy atom. The first-order valence-corrected chi connectivity index (χ1v) is 17.2. The van der Waals surface area contributed by atoms with Crippen LogP contribution in [0.1, 0.15) is 161 Å². The molecule has 0 unspecified atom stereocenters. The molecule has 1 fully saturated rings. The summed E-state index contributed by atoms with van der Waals surface area (Å²) in [6.07, 6.45) is 23.3. The highest BCUT2D eigenvalue weighted by Crippen LogP contribution is 2.29. The second-order valence-electron chi connectivity index (χ2n) is 12.7. The van der Waals surface area contributed by atoms with Crippen molar-refractivity contribution in [2.75, 3.05) is 6.54 Å². The molecule has 0 aromatic heterocycles. The molecule has 0 spiro atoms. The van der Waals surface area contributed by atoms with Crippen LogP contribution in [-0.4, -0.2) is 52.3 Å². The maximum atomic E-state index is 12.5. The van der Waals surface area contributed by atoms with E-state index < -0.39 is 18.0 Å². The first kappa shape index (κ1) is 38.6. The molecule has 0 aliphatic heterocycles. The highest BCUT2D eigenvalue weighted by atomic mass is 16.4. The number of aliphatic carboxylic acids is 2. The van der Waals surface area contributed by atoms with Crippen molar-refractivity contribution in [3.8, 4) is 0 Å². The minimum absolute atomic E-state index is 0.0937. The first-order valence-electron chi connectivity index (χ1n) is 17.2. The number of carboxylic acid groups (broad SMARTS) is 2. The predicted molar refractivity (Wildman–Crippen MR) is 169 cm³/mol. The Bertz CT molecular complexity index is 809. The minimum atomic E-state index is -1.11. The summed E-state index contributed by atoms with van der Waals surface area (Å²) in [5.41, 5.74) is 0. The Morgan fingerprint density at radius 3 is 1.49 bits per heavy atom. The van der Waals surface area contributed by atoms with Gasteiger partial charge < -0.3 is 25.6 Å². The maximum absolute atomic E-state index is 12.5. The van der Waals surface area contributed by atoms with E-state index in [2.05, 4.69) is 10.6 Å². The van der Waals surface area contributed by atoms with Gasteiger partial charge in [0.1, 0.15) is 11.8 Å². The lowest BCUT2D eigenvalue weighted by Crippen LogP contribution is -2.44. The molecule has 248 valence electrons. The summed E-state index contributed by atoms with van der Waals surface area (Å²) in [4.78, 5) is 57.8. The maximum Gasteiger partial charge on any atom is 0.326 e. The smallest absolute Gasteiger partial charge is 0.326 e. The summed E-state index contributed by atoms with van der Waals surface area (Å²) >= 11 is 0. The standard InChI is InChI=1S/C34H60N2O7/c1-27(37)20-25-30(34(42)43)36-33(41)29-23-21-28(22-24-29)26-35-31(38)18-16-14-12-10-8-6-4-2-3-5-7-9-11-13-15-17-19-32(39)40/h28-30H,2-26H2,1H3,(H,35,38)(H,36,41)(H,39,40)(H,42,43)/t28-,29-,30-/m0/s1. The second-order valence-corrected chi connectivity index (χ2v) is 12.7. The van der Waals surface area contributed by atoms with Gasteiger partial charge in [-0.3, -0.25) is 14.4 Å². The quantitative estimate of drug-likeness (QED) is 0.0737. The van der Waals surface area contributed by atoms with Crippen LogP contribution in [0.25, 0.3) is 0 Å². The van der Waals surface area contributed by atoms with Crippen LogP contribution in [0.4, 0.5) is 0 Å². The zero-order valence-electron chi connectivity index (χ0n) is 26.8. The largest absolute Gasteiger partial charge is 0.481 e. The van der Waals surface area contributed by atoms with E-state index in [4.69, 9.17) is 5.11 Å². The number of unbranched alkanes of at least 4 members (excludes halogenated alkanes) is 15. The molecule has 9 heteroatoms. The van der Waals surface area contributed by atoms with Crippen molar-refractivity contribution in [1.82, 2.24) is 10.6 Å². The number of hydrogen-bond donors (Lipinski definition) is 4. The Labute approximate surface area is 259 Å². The van der Waals surface area contributed by atoms with Gasteiger partial charge in [0.25, 0.3) is 0 Å². The molecule has 0 heterocycles. The van der Waals surface area contributed by atoms with Gasteiger partial charge in [0.2, 0.25) is 11.8 Å². The zero-order valence-corrected chi connectivity index (χ0v) is 26.8. The number of nitrogens with one attached hydrogen (secondary N) is 2. The number of hydrogen-bond acceptors (Lipinski definition) is 5. The van der Waals surface area contributed by atoms with Crippen LogP contribution in [0.3, 0.4) is 0 Å². The highest BCUT2D eigenvalue weighted by Gasteiger charge is 2.29. The van der Waals surface area contributed by atoms with E-state index in [9.17, 15) is 29.1 Å². The van der Waals surface area contributed by atoms with E-state index in [0.717, 1.165) is 44.9 Å². The van der Waals surface area contributed by atoms with Crippen molar-refractivity contribution in [1.29, 1.82) is 0 Å². The second kappa shape index (κ2) is 24.9. The normalized spacial score (nSPS) is 17.2. The fourth-order valence-electron chi connectivity index (χ4n) is 5.91. The number of ketones is 1. The minimum Gasteiger partial charge on any atom is -0.481 e. The van der Waals surface area contributed by atoms with Gasteiger partial charge in [-0.2, -0.15) is 0 Å². The fraction of sp³-hybridized carbons (Fsp3) is 0.853. The van der Waals surface area contributed by atoms with Crippen LogP contribution < -0.4 is 10.6 Å². The Kier molecular flexibility index (Phi) is 22.4. The van der Waals surface area contributed by atoms with Crippen molar-refractivity contribution in [3.63, 3.8) is 0 Å². The Hall–Kier alpha value is -2.45. The van der Waals surface area contributed by atoms with Crippen molar-refractivity contribution >= 4 is 29.5 Å². The van der Waals surface area contributed by atoms with E-state index in [1.807, 2.05) is 0 Å². The third-order valence-corrected chi connectivity index (χ3v) is 8.75. The zero-order chi connectivity index (χ0) is 31.7. The average molecular weight is 609 g/mol. The van der Waals surface area contributed by atoms with Gasteiger partial charge in [-0.25, -0.2) is 4.79 Å². The van der Waals surface area contributed by atoms with Crippen molar-refractivity contribution in [3.05, 3.63) is 0 Å². The molecule has 0 saturated heterocycles. The first-order chi connectivity index (χ1) is 20.7. The number of rotatable bonds is 27. The number of Topliss-reactive ketones (excluding diaryl/α,β-unsaturated/α-hetero) is 1. The van der Waals surface area contributed by atoms with Crippen LogP contribution in [0.2, 0.25) is 0 Å².